The van der Waals surface area contributed by atoms with Crippen molar-refractivity contribution in [3.8, 4) is 0 Å². The minimum atomic E-state index is -0.159. The summed E-state index contributed by atoms with van der Waals surface area (Å²) >= 11 is 0. The van der Waals surface area contributed by atoms with Gasteiger partial charge in [-0.05, 0) is 6.42 Å². The monoisotopic (exact) mass is 248 g/mol. The Bertz CT molecular complexity index is 573. The lowest BCUT2D eigenvalue weighted by molar-refractivity contribution is 0.528. The number of aromatic nitrogens is 5. The quantitative estimate of drug-likeness (QED) is 0.825. The Balaban J connectivity index is 2.23. The van der Waals surface area contributed by atoms with E-state index in [1.807, 2.05) is 0 Å². The standard InChI is InChI=1S/C11H16N6O/c1-3-4-16-10(13-8-15-16)7-17-11(18)5-9(12-2)6-14-17/h5-6,8,12H,3-4,7H2,1-2H3. The molecule has 0 aliphatic carbocycles. The molecule has 2 rings (SSSR count). The zero-order valence-electron chi connectivity index (χ0n) is 10.5. The highest BCUT2D eigenvalue weighted by Gasteiger charge is 2.06. The summed E-state index contributed by atoms with van der Waals surface area (Å²) in [6, 6.07) is 1.51. The number of rotatable bonds is 5. The van der Waals surface area contributed by atoms with Gasteiger partial charge in [-0.15, -0.1) is 0 Å². The minimum Gasteiger partial charge on any atom is -0.387 e. The zero-order valence-corrected chi connectivity index (χ0v) is 10.5. The number of hydrogen-bond donors (Lipinski definition) is 1. The third-order valence-electron chi connectivity index (χ3n) is 2.58. The minimum absolute atomic E-state index is 0.159. The number of hydrogen-bond acceptors (Lipinski definition) is 5. The van der Waals surface area contributed by atoms with Crippen molar-refractivity contribution in [2.45, 2.75) is 26.4 Å². The highest BCUT2D eigenvalue weighted by molar-refractivity contribution is 5.37. The summed E-state index contributed by atoms with van der Waals surface area (Å²) < 4.78 is 3.16. The highest BCUT2D eigenvalue weighted by atomic mass is 16.1. The molecule has 7 heteroatoms. The molecular weight excluding hydrogens is 232 g/mol. The highest BCUT2D eigenvalue weighted by Crippen LogP contribution is 2.00. The van der Waals surface area contributed by atoms with Crippen molar-refractivity contribution in [1.82, 2.24) is 24.5 Å². The maximum atomic E-state index is 11.8. The summed E-state index contributed by atoms with van der Waals surface area (Å²) in [7, 11) is 1.75. The lowest BCUT2D eigenvalue weighted by atomic mass is 10.4. The number of aryl methyl sites for hydroxylation is 1. The molecule has 0 fully saturated rings. The average Bonchev–Trinajstić information content (AvgIpc) is 2.80. The number of nitrogens with one attached hydrogen (secondary N) is 1. The van der Waals surface area contributed by atoms with Crippen LogP contribution in [0.5, 0.6) is 0 Å². The second kappa shape index (κ2) is 5.44. The Morgan fingerprint density at radius 3 is 2.83 bits per heavy atom. The van der Waals surface area contributed by atoms with E-state index in [9.17, 15) is 4.79 Å². The van der Waals surface area contributed by atoms with Crippen LogP contribution in [0.3, 0.4) is 0 Å². The summed E-state index contributed by atoms with van der Waals surface area (Å²) in [6.07, 6.45) is 4.08. The number of nitrogens with zero attached hydrogens (tertiary/aromatic N) is 5. The van der Waals surface area contributed by atoms with Crippen molar-refractivity contribution in [1.29, 1.82) is 0 Å². The smallest absolute Gasteiger partial charge is 0.269 e. The lowest BCUT2D eigenvalue weighted by Crippen LogP contribution is -2.24. The van der Waals surface area contributed by atoms with Gasteiger partial charge in [-0.1, -0.05) is 6.92 Å². The first kappa shape index (κ1) is 12.3. The molecule has 0 atom stereocenters. The van der Waals surface area contributed by atoms with Gasteiger partial charge in [-0.3, -0.25) is 4.79 Å². The fraction of sp³-hybridized carbons (Fsp3) is 0.455. The normalized spacial score (nSPS) is 10.6. The molecule has 0 saturated heterocycles. The van der Waals surface area contributed by atoms with Crippen molar-refractivity contribution in [3.05, 3.63) is 34.8 Å². The van der Waals surface area contributed by atoms with E-state index in [4.69, 9.17) is 0 Å². The van der Waals surface area contributed by atoms with Gasteiger partial charge in [0.05, 0.1) is 11.9 Å². The van der Waals surface area contributed by atoms with Crippen LogP contribution in [0.25, 0.3) is 0 Å². The molecule has 0 radical (unpaired) electrons. The molecule has 1 N–H and O–H groups in total. The fourth-order valence-corrected chi connectivity index (χ4v) is 1.63. The molecule has 7 nitrogen and oxygen atoms in total. The van der Waals surface area contributed by atoms with Crippen molar-refractivity contribution < 1.29 is 0 Å². The van der Waals surface area contributed by atoms with E-state index >= 15 is 0 Å². The van der Waals surface area contributed by atoms with Crippen LogP contribution in [0.2, 0.25) is 0 Å². The van der Waals surface area contributed by atoms with E-state index in [0.29, 0.717) is 12.2 Å². The van der Waals surface area contributed by atoms with Gasteiger partial charge >= 0.3 is 0 Å². The Hall–Kier alpha value is -2.18. The molecule has 0 bridgehead atoms. The third-order valence-corrected chi connectivity index (χ3v) is 2.58. The van der Waals surface area contributed by atoms with E-state index in [2.05, 4.69) is 27.4 Å². The molecule has 0 amide bonds. The fourth-order valence-electron chi connectivity index (χ4n) is 1.63. The first-order chi connectivity index (χ1) is 8.74. The van der Waals surface area contributed by atoms with Gasteiger partial charge in [-0.25, -0.2) is 14.3 Å². The molecular formula is C11H16N6O. The second-order valence-electron chi connectivity index (χ2n) is 3.89. The van der Waals surface area contributed by atoms with Crippen LogP contribution in [0.15, 0.2) is 23.4 Å². The third kappa shape index (κ3) is 2.55. The van der Waals surface area contributed by atoms with Crippen molar-refractivity contribution in [3.63, 3.8) is 0 Å². The maximum absolute atomic E-state index is 11.8. The Morgan fingerprint density at radius 1 is 1.33 bits per heavy atom. The zero-order chi connectivity index (χ0) is 13.0. The molecule has 18 heavy (non-hydrogen) atoms. The molecule has 0 saturated carbocycles. The Labute approximate surface area is 104 Å². The van der Waals surface area contributed by atoms with E-state index in [1.165, 1.54) is 17.1 Å². The maximum Gasteiger partial charge on any atom is 0.269 e. The first-order valence-electron chi connectivity index (χ1n) is 5.86. The molecule has 0 spiro atoms. The van der Waals surface area contributed by atoms with E-state index in [0.717, 1.165) is 18.8 Å². The second-order valence-corrected chi connectivity index (χ2v) is 3.89. The van der Waals surface area contributed by atoms with Gasteiger partial charge in [0.2, 0.25) is 0 Å². The van der Waals surface area contributed by atoms with Gasteiger partial charge < -0.3 is 5.32 Å². The molecule has 2 heterocycles. The summed E-state index contributed by atoms with van der Waals surface area (Å²) in [5, 5.41) is 11.1. The molecule has 96 valence electrons. The van der Waals surface area contributed by atoms with E-state index in [1.54, 1.807) is 17.9 Å². The van der Waals surface area contributed by atoms with Crippen LogP contribution in [0.1, 0.15) is 19.2 Å². The van der Waals surface area contributed by atoms with Crippen LogP contribution >= 0.6 is 0 Å². The predicted molar refractivity (Wildman–Crippen MR) is 67.5 cm³/mol. The molecule has 2 aromatic rings. The van der Waals surface area contributed by atoms with Gasteiger partial charge in [0.1, 0.15) is 18.7 Å². The Kier molecular flexibility index (Phi) is 3.71. The van der Waals surface area contributed by atoms with Crippen LogP contribution in [-0.2, 0) is 13.1 Å². The van der Waals surface area contributed by atoms with Crippen LogP contribution in [0.4, 0.5) is 5.69 Å². The van der Waals surface area contributed by atoms with Gasteiger partial charge in [-0.2, -0.15) is 10.2 Å². The van der Waals surface area contributed by atoms with Crippen molar-refractivity contribution >= 4 is 5.69 Å². The SMILES string of the molecule is CCCn1ncnc1Cn1ncc(NC)cc1=O. The van der Waals surface area contributed by atoms with Crippen LogP contribution in [-0.4, -0.2) is 31.6 Å². The largest absolute Gasteiger partial charge is 0.387 e. The summed E-state index contributed by atoms with van der Waals surface area (Å²) in [6.45, 7) is 3.19. The summed E-state index contributed by atoms with van der Waals surface area (Å²) in [5.74, 6) is 0.739. The number of anilines is 1. The van der Waals surface area contributed by atoms with E-state index < -0.39 is 0 Å². The molecule has 0 aliphatic rings. The lowest BCUT2D eigenvalue weighted by Gasteiger charge is -2.06. The van der Waals surface area contributed by atoms with E-state index in [-0.39, 0.29) is 5.56 Å². The van der Waals surface area contributed by atoms with Gasteiger partial charge in [0.25, 0.3) is 5.56 Å². The van der Waals surface area contributed by atoms with Crippen molar-refractivity contribution in [2.75, 3.05) is 12.4 Å². The van der Waals surface area contributed by atoms with Crippen LogP contribution < -0.4 is 10.9 Å². The van der Waals surface area contributed by atoms with Crippen LogP contribution in [0, 0.1) is 0 Å². The van der Waals surface area contributed by atoms with Gasteiger partial charge in [0.15, 0.2) is 0 Å². The Morgan fingerprint density at radius 2 is 2.17 bits per heavy atom. The average molecular weight is 248 g/mol. The predicted octanol–water partition coefficient (Wildman–Crippen LogP) is 0.335. The topological polar surface area (TPSA) is 77.6 Å². The van der Waals surface area contributed by atoms with Crippen molar-refractivity contribution in [2.24, 2.45) is 0 Å². The first-order valence-corrected chi connectivity index (χ1v) is 5.86. The molecule has 0 aromatic carbocycles. The molecule has 0 aliphatic heterocycles. The summed E-state index contributed by atoms with van der Waals surface area (Å²) in [4.78, 5) is 15.9. The van der Waals surface area contributed by atoms with Gasteiger partial charge in [0, 0.05) is 19.7 Å². The molecule has 2 aromatic heterocycles. The molecule has 0 unspecified atom stereocenters. The summed E-state index contributed by atoms with van der Waals surface area (Å²) in [5.41, 5.74) is 0.541.